The minimum atomic E-state index is -0.361. The number of primary amides is 1. The van der Waals surface area contributed by atoms with Gasteiger partial charge >= 0.3 is 0 Å². The number of nitrogens with one attached hydrogen (secondary N) is 1. The fraction of sp³-hybridized carbons (Fsp3) is 0.182. The van der Waals surface area contributed by atoms with Crippen LogP contribution in [0.25, 0.3) is 16.8 Å². The molecule has 1 aromatic carbocycles. The molecule has 6 nitrogen and oxygen atoms in total. The van der Waals surface area contributed by atoms with Crippen molar-refractivity contribution in [2.24, 2.45) is 5.73 Å². The van der Waals surface area contributed by atoms with Crippen LogP contribution in [0, 0.1) is 0 Å². The molecule has 3 rings (SSSR count). The van der Waals surface area contributed by atoms with Crippen LogP contribution in [0.3, 0.4) is 0 Å². The Labute approximate surface area is 107 Å². The van der Waals surface area contributed by atoms with Gasteiger partial charge in [0.25, 0.3) is 0 Å². The van der Waals surface area contributed by atoms with E-state index in [-0.39, 0.29) is 11.2 Å². The molecule has 3 aromatic rings. The van der Waals surface area contributed by atoms with E-state index < -0.39 is 0 Å². The Morgan fingerprint density at radius 1 is 1.50 bits per heavy atom. The molecule has 2 heterocycles. The minimum Gasteiger partial charge on any atom is -0.369 e. The summed E-state index contributed by atoms with van der Waals surface area (Å²) in [6.45, 7) is 1.76. The van der Waals surface area contributed by atoms with Crippen LogP contribution in [0.2, 0.25) is 0 Å². The van der Waals surface area contributed by atoms with Gasteiger partial charge in [-0.25, -0.2) is 10.1 Å². The van der Waals surface area contributed by atoms with Crippen LogP contribution in [0.5, 0.6) is 0 Å². The van der Waals surface area contributed by atoms with E-state index in [1.807, 2.05) is 28.7 Å². The Bertz CT molecular complexity index is 731. The molecule has 0 aliphatic heterocycles. The zero-order valence-corrected chi connectivity index (χ0v) is 10.4. The Balaban J connectivity index is 2.15. The highest BCUT2D eigenvalue weighted by Gasteiger charge is 2.17. The minimum absolute atomic E-state index is 0.335. The van der Waals surface area contributed by atoms with E-state index in [0.29, 0.717) is 10.9 Å². The van der Waals surface area contributed by atoms with Gasteiger partial charge in [0.2, 0.25) is 11.7 Å². The lowest BCUT2D eigenvalue weighted by molar-refractivity contribution is -0.117. The van der Waals surface area contributed by atoms with Gasteiger partial charge in [0.1, 0.15) is 0 Å². The number of H-pyrrole nitrogens is 1. The third-order valence-corrected chi connectivity index (χ3v) is 3.76. The molecule has 0 aliphatic rings. The van der Waals surface area contributed by atoms with Crippen molar-refractivity contribution in [3.8, 4) is 0 Å². The van der Waals surface area contributed by atoms with E-state index in [9.17, 15) is 4.79 Å². The number of para-hydroxylation sites is 2. The molecule has 0 radical (unpaired) electrons. The number of carbonyl (C=O) groups excluding carboxylic acids is 1. The van der Waals surface area contributed by atoms with Gasteiger partial charge in [-0.1, -0.05) is 23.9 Å². The number of nitrogens with zero attached hydrogens (tertiary/aromatic N) is 3. The van der Waals surface area contributed by atoms with Crippen molar-refractivity contribution in [2.75, 3.05) is 0 Å². The summed E-state index contributed by atoms with van der Waals surface area (Å²) in [7, 11) is 0. The fourth-order valence-corrected chi connectivity index (χ4v) is 2.56. The van der Waals surface area contributed by atoms with Gasteiger partial charge in [-0.05, 0) is 19.1 Å². The molecule has 0 aliphatic carbocycles. The number of aromatic amines is 1. The summed E-state index contributed by atoms with van der Waals surface area (Å²) in [5.41, 5.74) is 7.11. The van der Waals surface area contributed by atoms with Crippen LogP contribution < -0.4 is 5.73 Å². The summed E-state index contributed by atoms with van der Waals surface area (Å²) in [6, 6.07) is 7.77. The normalized spacial score (nSPS) is 13.2. The molecule has 1 amide bonds. The van der Waals surface area contributed by atoms with Crippen molar-refractivity contribution < 1.29 is 4.79 Å². The maximum Gasteiger partial charge on any atom is 0.231 e. The number of benzene rings is 1. The zero-order valence-electron chi connectivity index (χ0n) is 9.62. The summed E-state index contributed by atoms with van der Waals surface area (Å²) in [6.07, 6.45) is 0. The van der Waals surface area contributed by atoms with Crippen molar-refractivity contribution in [2.45, 2.75) is 17.3 Å². The number of carbonyl (C=O) groups is 1. The number of imidazole rings is 1. The number of hydrogen-bond acceptors (Lipinski definition) is 4. The highest BCUT2D eigenvalue weighted by molar-refractivity contribution is 8.00. The largest absolute Gasteiger partial charge is 0.369 e. The molecule has 0 spiro atoms. The molecule has 18 heavy (non-hydrogen) atoms. The lowest BCUT2D eigenvalue weighted by Crippen LogP contribution is -2.22. The SMILES string of the molecule is C[C@H](Sc1n[nH]c2nc3ccccc3n12)C(N)=O. The second-order valence-corrected chi connectivity index (χ2v) is 5.24. The van der Waals surface area contributed by atoms with E-state index in [2.05, 4.69) is 15.2 Å². The van der Waals surface area contributed by atoms with Crippen LogP contribution in [0.1, 0.15) is 6.92 Å². The predicted octanol–water partition coefficient (Wildman–Crippen LogP) is 1.18. The maximum atomic E-state index is 11.1. The third kappa shape index (κ3) is 1.63. The van der Waals surface area contributed by atoms with Crippen LogP contribution >= 0.6 is 11.8 Å². The van der Waals surface area contributed by atoms with Crippen molar-refractivity contribution in [3.05, 3.63) is 24.3 Å². The van der Waals surface area contributed by atoms with Crippen molar-refractivity contribution >= 4 is 34.5 Å². The van der Waals surface area contributed by atoms with E-state index in [0.717, 1.165) is 11.0 Å². The molecule has 0 unspecified atom stereocenters. The Morgan fingerprint density at radius 3 is 3.06 bits per heavy atom. The molecular formula is C11H11N5OS. The molecule has 1 atom stereocenters. The van der Waals surface area contributed by atoms with E-state index >= 15 is 0 Å². The highest BCUT2D eigenvalue weighted by Crippen LogP contribution is 2.25. The molecule has 3 N–H and O–H groups in total. The summed E-state index contributed by atoms with van der Waals surface area (Å²) < 4.78 is 1.89. The number of rotatable bonds is 3. The van der Waals surface area contributed by atoms with Gasteiger partial charge in [0.15, 0.2) is 5.16 Å². The second-order valence-electron chi connectivity index (χ2n) is 3.93. The lowest BCUT2D eigenvalue weighted by Gasteiger charge is -2.04. The number of aromatic nitrogens is 4. The number of fused-ring (bicyclic) bond motifs is 3. The first-order valence-electron chi connectivity index (χ1n) is 5.44. The standard InChI is InChI=1S/C11H11N5OS/c1-6(9(12)17)18-11-15-14-10-13-7-4-2-3-5-8(7)16(10)11/h2-6H,1H3,(H2,12,17)(H,13,14)/t6-/m0/s1. The van der Waals surface area contributed by atoms with E-state index in [1.54, 1.807) is 6.92 Å². The molecule has 0 bridgehead atoms. The van der Waals surface area contributed by atoms with Crippen molar-refractivity contribution in [3.63, 3.8) is 0 Å². The third-order valence-electron chi connectivity index (χ3n) is 2.69. The topological polar surface area (TPSA) is 89.1 Å². The average molecular weight is 261 g/mol. The lowest BCUT2D eigenvalue weighted by atomic mass is 10.3. The number of amides is 1. The van der Waals surface area contributed by atoms with Crippen LogP contribution in [0.15, 0.2) is 29.4 Å². The summed E-state index contributed by atoms with van der Waals surface area (Å²) in [4.78, 5) is 15.5. The first kappa shape index (κ1) is 11.1. The molecule has 7 heteroatoms. The van der Waals surface area contributed by atoms with Crippen molar-refractivity contribution in [1.82, 2.24) is 19.6 Å². The van der Waals surface area contributed by atoms with Gasteiger partial charge in [-0.15, -0.1) is 5.10 Å². The molecule has 0 saturated carbocycles. The Morgan fingerprint density at radius 2 is 2.28 bits per heavy atom. The Hall–Kier alpha value is -2.02. The first-order chi connectivity index (χ1) is 8.66. The molecule has 92 valence electrons. The monoisotopic (exact) mass is 261 g/mol. The molecule has 0 fully saturated rings. The van der Waals surface area contributed by atoms with E-state index in [4.69, 9.17) is 5.73 Å². The van der Waals surface area contributed by atoms with Crippen LogP contribution in [-0.2, 0) is 4.79 Å². The molecule has 0 saturated heterocycles. The highest BCUT2D eigenvalue weighted by atomic mass is 32.2. The van der Waals surface area contributed by atoms with Gasteiger partial charge in [-0.2, -0.15) is 0 Å². The quantitative estimate of drug-likeness (QED) is 0.693. The summed E-state index contributed by atoms with van der Waals surface area (Å²) in [5.74, 6) is 0.302. The molecular weight excluding hydrogens is 250 g/mol. The maximum absolute atomic E-state index is 11.1. The predicted molar refractivity (Wildman–Crippen MR) is 69.4 cm³/mol. The summed E-state index contributed by atoms with van der Waals surface area (Å²) >= 11 is 1.31. The van der Waals surface area contributed by atoms with Crippen LogP contribution in [0.4, 0.5) is 0 Å². The number of hydrogen-bond donors (Lipinski definition) is 2. The van der Waals surface area contributed by atoms with Gasteiger partial charge < -0.3 is 5.73 Å². The second kappa shape index (κ2) is 4.02. The molecule has 2 aromatic heterocycles. The smallest absolute Gasteiger partial charge is 0.231 e. The van der Waals surface area contributed by atoms with E-state index in [1.165, 1.54) is 11.8 Å². The number of nitrogens with two attached hydrogens (primary N) is 1. The van der Waals surface area contributed by atoms with Gasteiger partial charge in [-0.3, -0.25) is 9.20 Å². The van der Waals surface area contributed by atoms with Crippen LogP contribution in [-0.4, -0.2) is 30.7 Å². The summed E-state index contributed by atoms with van der Waals surface area (Å²) in [5, 5.41) is 7.36. The van der Waals surface area contributed by atoms with Gasteiger partial charge in [0, 0.05) is 0 Å². The van der Waals surface area contributed by atoms with Crippen molar-refractivity contribution in [1.29, 1.82) is 0 Å². The Kier molecular flexibility index (Phi) is 2.48. The number of thioether (sulfide) groups is 1. The average Bonchev–Trinajstić information content (AvgIpc) is 2.89. The first-order valence-corrected chi connectivity index (χ1v) is 6.32. The zero-order chi connectivity index (χ0) is 12.7. The van der Waals surface area contributed by atoms with Gasteiger partial charge in [0.05, 0.1) is 16.3 Å². The fourth-order valence-electron chi connectivity index (χ4n) is 1.74.